The fourth-order valence-corrected chi connectivity index (χ4v) is 0.737. The third-order valence-electron chi connectivity index (χ3n) is 1.29. The van der Waals surface area contributed by atoms with Crippen LogP contribution in [0.4, 0.5) is 8.78 Å². The molecule has 2 nitrogen and oxygen atoms in total. The van der Waals surface area contributed by atoms with Gasteiger partial charge in [0.15, 0.2) is 6.10 Å². The Kier molecular flexibility index (Phi) is 2.24. The third kappa shape index (κ3) is 1.77. The average molecular weight is 162 g/mol. The number of aryl methyl sites for hydroxylation is 1. The first kappa shape index (κ1) is 8.20. The van der Waals surface area contributed by atoms with Gasteiger partial charge in [0, 0.05) is 0 Å². The topological polar surface area (TPSA) is 33.4 Å². The summed E-state index contributed by atoms with van der Waals surface area (Å²) in [5.41, 5.74) is 0. The first-order valence-corrected chi connectivity index (χ1v) is 3.14. The van der Waals surface area contributed by atoms with Crippen LogP contribution in [0.25, 0.3) is 0 Å². The van der Waals surface area contributed by atoms with Gasteiger partial charge >= 0.3 is 0 Å². The molecule has 1 aromatic rings. The number of alkyl halides is 2. The zero-order chi connectivity index (χ0) is 8.43. The number of aliphatic hydroxyl groups excluding tert-OH is 1. The second kappa shape index (κ2) is 3.00. The van der Waals surface area contributed by atoms with Crippen LogP contribution < -0.4 is 0 Å². The van der Waals surface area contributed by atoms with E-state index in [0.717, 1.165) is 0 Å². The standard InChI is InChI=1S/C7H8F2O2/c1-4-2-3-5(11-4)6(10)7(8)9/h2-3,6-7,10H,1H3. The summed E-state index contributed by atoms with van der Waals surface area (Å²) in [6, 6.07) is 2.87. The van der Waals surface area contributed by atoms with Crippen molar-refractivity contribution in [2.24, 2.45) is 0 Å². The van der Waals surface area contributed by atoms with Crippen molar-refractivity contribution in [1.82, 2.24) is 0 Å². The third-order valence-corrected chi connectivity index (χ3v) is 1.29. The molecular formula is C7H8F2O2. The molecule has 1 atom stereocenters. The summed E-state index contributed by atoms with van der Waals surface area (Å²) in [5.74, 6) is 0.428. The van der Waals surface area contributed by atoms with E-state index in [1.807, 2.05) is 0 Å². The highest BCUT2D eigenvalue weighted by Crippen LogP contribution is 2.21. The maximum absolute atomic E-state index is 11.8. The van der Waals surface area contributed by atoms with E-state index >= 15 is 0 Å². The monoisotopic (exact) mass is 162 g/mol. The summed E-state index contributed by atoms with van der Waals surface area (Å²) in [7, 11) is 0. The van der Waals surface area contributed by atoms with Gasteiger partial charge in [-0.2, -0.15) is 0 Å². The predicted octanol–water partition coefficient (Wildman–Crippen LogP) is 1.89. The van der Waals surface area contributed by atoms with Gasteiger partial charge < -0.3 is 9.52 Å². The molecule has 1 aromatic heterocycles. The molecular weight excluding hydrogens is 154 g/mol. The lowest BCUT2D eigenvalue weighted by atomic mass is 10.3. The molecule has 0 saturated carbocycles. The molecule has 1 unspecified atom stereocenters. The van der Waals surface area contributed by atoms with Crippen molar-refractivity contribution in [2.75, 3.05) is 0 Å². The number of hydrogen-bond acceptors (Lipinski definition) is 2. The van der Waals surface area contributed by atoms with Gasteiger partial charge in [-0.25, -0.2) is 8.78 Å². The maximum Gasteiger partial charge on any atom is 0.271 e. The van der Waals surface area contributed by atoms with Gasteiger partial charge in [-0.05, 0) is 19.1 Å². The highest BCUT2D eigenvalue weighted by atomic mass is 19.3. The van der Waals surface area contributed by atoms with Crippen LogP contribution in [0.1, 0.15) is 17.6 Å². The van der Waals surface area contributed by atoms with Crippen molar-refractivity contribution in [1.29, 1.82) is 0 Å². The van der Waals surface area contributed by atoms with Gasteiger partial charge in [0.05, 0.1) is 0 Å². The van der Waals surface area contributed by atoms with Gasteiger partial charge in [-0.1, -0.05) is 0 Å². The molecule has 62 valence electrons. The van der Waals surface area contributed by atoms with E-state index < -0.39 is 12.5 Å². The fourth-order valence-electron chi connectivity index (χ4n) is 0.737. The Morgan fingerprint density at radius 1 is 1.45 bits per heavy atom. The quantitative estimate of drug-likeness (QED) is 0.720. The van der Waals surface area contributed by atoms with Crippen molar-refractivity contribution in [3.8, 4) is 0 Å². The van der Waals surface area contributed by atoms with E-state index in [9.17, 15) is 8.78 Å². The number of aliphatic hydroxyl groups is 1. The summed E-state index contributed by atoms with van der Waals surface area (Å²) in [4.78, 5) is 0. The molecule has 11 heavy (non-hydrogen) atoms. The van der Waals surface area contributed by atoms with Crippen LogP contribution in [0.3, 0.4) is 0 Å². The number of hydrogen-bond donors (Lipinski definition) is 1. The molecule has 0 bridgehead atoms. The van der Waals surface area contributed by atoms with E-state index in [0.29, 0.717) is 5.76 Å². The summed E-state index contributed by atoms with van der Waals surface area (Å²) < 4.78 is 28.4. The number of furan rings is 1. The largest absolute Gasteiger partial charge is 0.463 e. The second-order valence-corrected chi connectivity index (χ2v) is 2.23. The van der Waals surface area contributed by atoms with Crippen molar-refractivity contribution < 1.29 is 18.3 Å². The van der Waals surface area contributed by atoms with Crippen molar-refractivity contribution in [2.45, 2.75) is 19.5 Å². The number of rotatable bonds is 2. The van der Waals surface area contributed by atoms with Crippen LogP contribution in [-0.4, -0.2) is 11.5 Å². The second-order valence-electron chi connectivity index (χ2n) is 2.23. The molecule has 0 radical (unpaired) electrons. The van der Waals surface area contributed by atoms with Crippen LogP contribution in [0.2, 0.25) is 0 Å². The molecule has 0 saturated heterocycles. The number of halogens is 2. The van der Waals surface area contributed by atoms with Gasteiger partial charge in [0.2, 0.25) is 0 Å². The molecule has 1 rings (SSSR count). The lowest BCUT2D eigenvalue weighted by Crippen LogP contribution is -2.06. The van der Waals surface area contributed by atoms with Gasteiger partial charge in [-0.3, -0.25) is 0 Å². The Labute approximate surface area is 62.4 Å². The Morgan fingerprint density at radius 3 is 2.45 bits per heavy atom. The molecule has 0 aromatic carbocycles. The van der Waals surface area contributed by atoms with E-state index in [-0.39, 0.29) is 5.76 Å². The SMILES string of the molecule is Cc1ccc(C(O)C(F)F)o1. The van der Waals surface area contributed by atoms with Gasteiger partial charge in [-0.15, -0.1) is 0 Å². The first-order chi connectivity index (χ1) is 5.11. The molecule has 0 aliphatic heterocycles. The highest BCUT2D eigenvalue weighted by Gasteiger charge is 2.21. The minimum atomic E-state index is -2.79. The minimum Gasteiger partial charge on any atom is -0.463 e. The highest BCUT2D eigenvalue weighted by molar-refractivity contribution is 5.08. The average Bonchev–Trinajstić information content (AvgIpc) is 2.34. The maximum atomic E-state index is 11.8. The van der Waals surface area contributed by atoms with Crippen LogP contribution in [0, 0.1) is 6.92 Å². The molecule has 0 spiro atoms. The summed E-state index contributed by atoms with van der Waals surface area (Å²) in [6.45, 7) is 1.63. The van der Waals surface area contributed by atoms with E-state index in [1.165, 1.54) is 12.1 Å². The Hall–Kier alpha value is -0.900. The van der Waals surface area contributed by atoms with Gasteiger partial charge in [0.25, 0.3) is 6.43 Å². The molecule has 4 heteroatoms. The van der Waals surface area contributed by atoms with Crippen molar-refractivity contribution >= 4 is 0 Å². The Bertz CT molecular complexity index is 232. The summed E-state index contributed by atoms with van der Waals surface area (Å²) >= 11 is 0. The minimum absolute atomic E-state index is 0.0856. The van der Waals surface area contributed by atoms with E-state index in [2.05, 4.69) is 0 Å². The zero-order valence-electron chi connectivity index (χ0n) is 5.92. The lowest BCUT2D eigenvalue weighted by molar-refractivity contribution is -0.0180. The smallest absolute Gasteiger partial charge is 0.271 e. The van der Waals surface area contributed by atoms with Crippen molar-refractivity contribution in [3.05, 3.63) is 23.7 Å². The lowest BCUT2D eigenvalue weighted by Gasteiger charge is -2.04. The zero-order valence-corrected chi connectivity index (χ0v) is 5.92. The van der Waals surface area contributed by atoms with Crippen LogP contribution in [0.15, 0.2) is 16.5 Å². The Balaban J connectivity index is 2.76. The molecule has 0 fully saturated rings. The van der Waals surface area contributed by atoms with Gasteiger partial charge in [0.1, 0.15) is 11.5 Å². The molecule has 0 aliphatic rings. The van der Waals surface area contributed by atoms with Crippen molar-refractivity contribution in [3.63, 3.8) is 0 Å². The first-order valence-electron chi connectivity index (χ1n) is 3.14. The Morgan fingerprint density at radius 2 is 2.09 bits per heavy atom. The predicted molar refractivity (Wildman–Crippen MR) is 34.4 cm³/mol. The molecule has 1 heterocycles. The van der Waals surface area contributed by atoms with E-state index in [1.54, 1.807) is 6.92 Å². The molecule has 1 N–H and O–H groups in total. The molecule has 0 amide bonds. The summed E-state index contributed by atoms with van der Waals surface area (Å²) in [6.07, 6.45) is -4.59. The fraction of sp³-hybridized carbons (Fsp3) is 0.429. The van der Waals surface area contributed by atoms with Crippen LogP contribution in [0.5, 0.6) is 0 Å². The normalized spacial score (nSPS) is 13.9. The van der Waals surface area contributed by atoms with Crippen LogP contribution in [-0.2, 0) is 0 Å². The van der Waals surface area contributed by atoms with E-state index in [4.69, 9.17) is 9.52 Å². The summed E-state index contributed by atoms with van der Waals surface area (Å²) in [5, 5.41) is 8.77. The molecule has 0 aliphatic carbocycles. The van der Waals surface area contributed by atoms with Crippen LogP contribution >= 0.6 is 0 Å².